The number of ether oxygens (including phenoxy) is 2. The lowest BCUT2D eigenvalue weighted by Gasteiger charge is -2.27. The van der Waals surface area contributed by atoms with Crippen LogP contribution in [0.3, 0.4) is 0 Å². The fraction of sp³-hybridized carbons (Fsp3) is 0.373. The van der Waals surface area contributed by atoms with E-state index in [1.54, 1.807) is 0 Å². The van der Waals surface area contributed by atoms with Crippen LogP contribution in [0.25, 0.3) is 0 Å². The third-order valence-electron chi connectivity index (χ3n) is 12.9. The molecule has 0 spiro atoms. The van der Waals surface area contributed by atoms with Crippen LogP contribution in [0.15, 0.2) is 59.3 Å². The van der Waals surface area contributed by atoms with E-state index in [0.29, 0.717) is 0 Å². The molecule has 0 aliphatic rings. The Hall–Kier alpha value is -4.16. The standard InChI is InChI=1S/C51H60O3S2/c1-27-21-42(35(9)33(7)31(27)5)48(46-17-15-19-55-46)44-23-29(3)50(39(13)37(44)11)53-25-41(52)26-54-51-30(4)24-45(38(12)40(51)14)49(47-18-16-20-56-47)43-22-28(2)32(6)34(8)36(43)10/h15-24,41,48-49,52H,25-26H2,1-14H3. The van der Waals surface area contributed by atoms with E-state index in [1.165, 1.54) is 87.6 Å². The molecule has 0 saturated carbocycles. The van der Waals surface area contributed by atoms with Crippen molar-refractivity contribution in [3.05, 3.63) is 169 Å². The van der Waals surface area contributed by atoms with Gasteiger partial charge in [0.15, 0.2) is 0 Å². The monoisotopic (exact) mass is 784 g/mol. The minimum absolute atomic E-state index is 0.134. The van der Waals surface area contributed by atoms with Crippen LogP contribution >= 0.6 is 22.7 Å². The lowest BCUT2D eigenvalue weighted by molar-refractivity contribution is 0.0616. The summed E-state index contributed by atoms with van der Waals surface area (Å²) >= 11 is 3.63. The predicted octanol–water partition coefficient (Wildman–Crippen LogP) is 13.3. The lowest BCUT2D eigenvalue weighted by atomic mass is 9.80. The summed E-state index contributed by atoms with van der Waals surface area (Å²) in [6, 6.07) is 18.2. The van der Waals surface area contributed by atoms with Gasteiger partial charge in [-0.1, -0.05) is 36.4 Å². The number of aryl methyl sites for hydroxylation is 4. The van der Waals surface area contributed by atoms with Crippen LogP contribution in [0.2, 0.25) is 0 Å². The van der Waals surface area contributed by atoms with Gasteiger partial charge in [-0.15, -0.1) is 22.7 Å². The van der Waals surface area contributed by atoms with Gasteiger partial charge in [0.25, 0.3) is 0 Å². The Morgan fingerprint density at radius 3 is 1.07 bits per heavy atom. The van der Waals surface area contributed by atoms with E-state index < -0.39 is 6.10 Å². The van der Waals surface area contributed by atoms with Crippen LogP contribution in [-0.2, 0) is 0 Å². The summed E-state index contributed by atoms with van der Waals surface area (Å²) in [6.07, 6.45) is -0.799. The highest BCUT2D eigenvalue weighted by atomic mass is 32.1. The van der Waals surface area contributed by atoms with E-state index in [4.69, 9.17) is 9.47 Å². The number of rotatable bonds is 12. The molecule has 56 heavy (non-hydrogen) atoms. The van der Waals surface area contributed by atoms with Crippen LogP contribution in [0.5, 0.6) is 11.5 Å². The van der Waals surface area contributed by atoms with Crippen molar-refractivity contribution < 1.29 is 14.6 Å². The minimum atomic E-state index is -0.799. The second-order valence-corrected chi connectivity index (χ2v) is 18.2. The Bertz CT molecular complexity index is 2210. The van der Waals surface area contributed by atoms with Crippen molar-refractivity contribution in [3.63, 3.8) is 0 Å². The molecule has 6 rings (SSSR count). The van der Waals surface area contributed by atoms with Crippen molar-refractivity contribution in [1.29, 1.82) is 0 Å². The van der Waals surface area contributed by atoms with E-state index in [-0.39, 0.29) is 25.0 Å². The molecule has 5 heteroatoms. The molecule has 0 amide bonds. The normalized spacial score (nSPS) is 13.2. The molecular weight excluding hydrogens is 725 g/mol. The first-order chi connectivity index (χ1) is 26.5. The molecule has 2 atom stereocenters. The largest absolute Gasteiger partial charge is 0.490 e. The van der Waals surface area contributed by atoms with Crippen molar-refractivity contribution in [2.75, 3.05) is 13.2 Å². The van der Waals surface area contributed by atoms with E-state index in [1.807, 2.05) is 22.7 Å². The highest BCUT2D eigenvalue weighted by Gasteiger charge is 2.28. The molecule has 2 heterocycles. The maximum atomic E-state index is 11.3. The van der Waals surface area contributed by atoms with Crippen LogP contribution in [0.1, 0.15) is 122 Å². The van der Waals surface area contributed by atoms with Crippen molar-refractivity contribution in [1.82, 2.24) is 0 Å². The van der Waals surface area contributed by atoms with Crippen LogP contribution in [0.4, 0.5) is 0 Å². The molecule has 0 saturated heterocycles. The number of hydrogen-bond acceptors (Lipinski definition) is 5. The summed E-state index contributed by atoms with van der Waals surface area (Å²) in [4.78, 5) is 2.68. The van der Waals surface area contributed by atoms with Crippen molar-refractivity contribution in [2.45, 2.75) is 115 Å². The quantitative estimate of drug-likeness (QED) is 0.134. The highest BCUT2D eigenvalue weighted by molar-refractivity contribution is 7.10. The Morgan fingerprint density at radius 1 is 0.429 bits per heavy atom. The van der Waals surface area contributed by atoms with Gasteiger partial charge < -0.3 is 14.6 Å². The van der Waals surface area contributed by atoms with E-state index in [0.717, 1.165) is 33.8 Å². The SMILES string of the molecule is Cc1cc(C(c2cccs2)c2cc(C)c(OCC(O)COc3c(C)cc(C(c4cccs4)c4cc(C)c(C)c(C)c4C)c(C)c3C)c(C)c2C)c(C)c(C)c1C. The number of benzene rings is 4. The van der Waals surface area contributed by atoms with Gasteiger partial charge in [-0.05, 0) is 220 Å². The molecule has 4 aromatic carbocycles. The highest BCUT2D eigenvalue weighted by Crippen LogP contribution is 2.44. The molecule has 6 aromatic rings. The zero-order valence-electron chi connectivity index (χ0n) is 36.0. The second kappa shape index (κ2) is 16.7. The molecular formula is C51H60O3S2. The van der Waals surface area contributed by atoms with Gasteiger partial charge in [-0.2, -0.15) is 0 Å². The van der Waals surface area contributed by atoms with Gasteiger partial charge in [0.05, 0.1) is 0 Å². The fourth-order valence-electron chi connectivity index (χ4n) is 8.58. The average molecular weight is 785 g/mol. The Labute approximate surface area is 344 Å². The van der Waals surface area contributed by atoms with Gasteiger partial charge in [-0.25, -0.2) is 0 Å². The number of thiophene rings is 2. The fourth-order valence-corrected chi connectivity index (χ4v) is 10.3. The van der Waals surface area contributed by atoms with Gasteiger partial charge in [0, 0.05) is 21.6 Å². The first kappa shape index (κ1) is 41.5. The van der Waals surface area contributed by atoms with Crippen LogP contribution in [-0.4, -0.2) is 24.4 Å². The molecule has 0 aliphatic heterocycles. The van der Waals surface area contributed by atoms with E-state index in [2.05, 4.69) is 156 Å². The summed E-state index contributed by atoms with van der Waals surface area (Å²) in [5.41, 5.74) is 23.0. The van der Waals surface area contributed by atoms with Crippen molar-refractivity contribution >= 4 is 22.7 Å². The summed E-state index contributed by atoms with van der Waals surface area (Å²) in [5, 5.41) is 15.6. The first-order valence-electron chi connectivity index (χ1n) is 19.9. The summed E-state index contributed by atoms with van der Waals surface area (Å²) in [7, 11) is 0. The molecule has 3 nitrogen and oxygen atoms in total. The van der Waals surface area contributed by atoms with Gasteiger partial charge in [0.1, 0.15) is 30.8 Å². The molecule has 0 bridgehead atoms. The van der Waals surface area contributed by atoms with E-state index >= 15 is 0 Å². The minimum Gasteiger partial charge on any atom is -0.490 e. The Balaban J connectivity index is 1.23. The van der Waals surface area contributed by atoms with Crippen molar-refractivity contribution in [3.8, 4) is 11.5 Å². The molecule has 1 N–H and O–H groups in total. The Kier molecular flexibility index (Phi) is 12.4. The zero-order valence-corrected chi connectivity index (χ0v) is 37.6. The molecule has 0 fully saturated rings. The number of aliphatic hydroxyl groups excluding tert-OH is 1. The maximum Gasteiger partial charge on any atom is 0.125 e. The van der Waals surface area contributed by atoms with Crippen molar-refractivity contribution in [2.24, 2.45) is 0 Å². The van der Waals surface area contributed by atoms with Gasteiger partial charge >= 0.3 is 0 Å². The van der Waals surface area contributed by atoms with Crippen LogP contribution in [0, 0.1) is 96.9 Å². The van der Waals surface area contributed by atoms with Crippen LogP contribution < -0.4 is 9.47 Å². The number of hydrogen-bond donors (Lipinski definition) is 1. The molecule has 0 radical (unpaired) electrons. The smallest absolute Gasteiger partial charge is 0.125 e. The van der Waals surface area contributed by atoms with Gasteiger partial charge in [-0.3, -0.25) is 0 Å². The Morgan fingerprint density at radius 2 is 0.750 bits per heavy atom. The topological polar surface area (TPSA) is 38.7 Å². The maximum absolute atomic E-state index is 11.3. The second-order valence-electron chi connectivity index (χ2n) is 16.2. The third-order valence-corrected chi connectivity index (χ3v) is 14.8. The summed E-state index contributed by atoms with van der Waals surface area (Å²) in [6.45, 7) is 31.2. The molecule has 0 aliphatic carbocycles. The molecule has 294 valence electrons. The first-order valence-corrected chi connectivity index (χ1v) is 21.7. The average Bonchev–Trinajstić information content (AvgIpc) is 3.91. The zero-order chi connectivity index (χ0) is 40.7. The van der Waals surface area contributed by atoms with E-state index in [9.17, 15) is 5.11 Å². The lowest BCUT2D eigenvalue weighted by Crippen LogP contribution is -2.26. The number of aliphatic hydroxyl groups is 1. The molecule has 2 unspecified atom stereocenters. The summed E-state index contributed by atoms with van der Waals surface area (Å²) in [5.74, 6) is 1.95. The van der Waals surface area contributed by atoms with Gasteiger partial charge in [0.2, 0.25) is 0 Å². The predicted molar refractivity (Wildman–Crippen MR) is 240 cm³/mol. The summed E-state index contributed by atoms with van der Waals surface area (Å²) < 4.78 is 12.9. The molecule has 2 aromatic heterocycles. The third kappa shape index (κ3) is 7.75.